The molecule has 5 heteroatoms. The van der Waals surface area contributed by atoms with Gasteiger partial charge in [-0.2, -0.15) is 5.10 Å². The smallest absolute Gasteiger partial charge is 0.228 e. The second-order valence-corrected chi connectivity index (χ2v) is 5.70. The number of hydrogen-bond acceptors (Lipinski definition) is 2. The number of amides is 1. The van der Waals surface area contributed by atoms with Gasteiger partial charge in [0.05, 0.1) is 5.69 Å². The molecule has 1 atom stereocenters. The van der Waals surface area contributed by atoms with Gasteiger partial charge in [-0.1, -0.05) is 15.9 Å². The fourth-order valence-corrected chi connectivity index (χ4v) is 2.85. The Bertz CT molecular complexity index is 453. The maximum atomic E-state index is 12.0. The third-order valence-corrected chi connectivity index (χ3v) is 4.49. The highest BCUT2D eigenvalue weighted by molar-refractivity contribution is 9.09. The third-order valence-electron chi connectivity index (χ3n) is 3.57. The van der Waals surface area contributed by atoms with Crippen molar-refractivity contribution in [3.8, 4) is 0 Å². The van der Waals surface area contributed by atoms with Crippen LogP contribution in [0.3, 0.4) is 0 Å². The molecule has 0 radical (unpaired) electrons. The fraction of sp³-hybridized carbons (Fsp3) is 0.667. The number of anilines is 1. The summed E-state index contributed by atoms with van der Waals surface area (Å²) in [5.74, 6) is 2.25. The molecule has 1 amide bonds. The molecule has 2 aliphatic rings. The molecule has 1 aliphatic carbocycles. The molecule has 17 heavy (non-hydrogen) atoms. The summed E-state index contributed by atoms with van der Waals surface area (Å²) in [6.45, 7) is 0.813. The normalized spacial score (nSPS) is 24.7. The van der Waals surface area contributed by atoms with Crippen LogP contribution in [0.2, 0.25) is 0 Å². The lowest BCUT2D eigenvalue weighted by Crippen LogP contribution is -2.26. The molecule has 1 aromatic heterocycles. The minimum Gasteiger partial charge on any atom is -0.297 e. The van der Waals surface area contributed by atoms with E-state index in [1.165, 1.54) is 12.8 Å². The van der Waals surface area contributed by atoms with Crippen LogP contribution >= 0.6 is 15.9 Å². The molecule has 0 N–H and O–H groups in total. The lowest BCUT2D eigenvalue weighted by molar-refractivity contribution is -0.117. The zero-order chi connectivity index (χ0) is 12.0. The van der Waals surface area contributed by atoms with E-state index in [9.17, 15) is 4.79 Å². The average Bonchev–Trinajstić information content (AvgIpc) is 2.99. The summed E-state index contributed by atoms with van der Waals surface area (Å²) in [4.78, 5) is 13.8. The van der Waals surface area contributed by atoms with E-state index in [-0.39, 0.29) is 5.91 Å². The maximum absolute atomic E-state index is 12.0. The van der Waals surface area contributed by atoms with Crippen molar-refractivity contribution >= 4 is 27.7 Å². The molecule has 2 heterocycles. The first-order chi connectivity index (χ1) is 8.19. The number of aromatic nitrogens is 2. The van der Waals surface area contributed by atoms with Gasteiger partial charge in [0.25, 0.3) is 0 Å². The van der Waals surface area contributed by atoms with E-state index in [0.29, 0.717) is 18.3 Å². The SMILES string of the molecule is Cn1nc(C2CC2)cc1N1CC(CBr)CC1=O. The quantitative estimate of drug-likeness (QED) is 0.801. The molecule has 3 rings (SSSR count). The third kappa shape index (κ3) is 2.01. The molecule has 0 aromatic carbocycles. The van der Waals surface area contributed by atoms with Gasteiger partial charge in [-0.15, -0.1) is 0 Å². The zero-order valence-electron chi connectivity index (χ0n) is 9.90. The van der Waals surface area contributed by atoms with Crippen molar-refractivity contribution in [3.05, 3.63) is 11.8 Å². The van der Waals surface area contributed by atoms with Gasteiger partial charge >= 0.3 is 0 Å². The summed E-state index contributed by atoms with van der Waals surface area (Å²) in [6.07, 6.45) is 3.14. The van der Waals surface area contributed by atoms with Gasteiger partial charge in [0, 0.05) is 37.3 Å². The van der Waals surface area contributed by atoms with Crippen LogP contribution in [0.25, 0.3) is 0 Å². The van der Waals surface area contributed by atoms with Crippen molar-refractivity contribution in [2.45, 2.75) is 25.2 Å². The van der Waals surface area contributed by atoms with Crippen molar-refractivity contribution in [1.29, 1.82) is 0 Å². The molecule has 0 bridgehead atoms. The largest absolute Gasteiger partial charge is 0.297 e. The minimum atomic E-state index is 0.222. The molecule has 1 aliphatic heterocycles. The molecule has 2 fully saturated rings. The average molecular weight is 298 g/mol. The van der Waals surface area contributed by atoms with E-state index in [4.69, 9.17) is 0 Å². The molecular weight excluding hydrogens is 282 g/mol. The van der Waals surface area contributed by atoms with Crippen LogP contribution in [0.4, 0.5) is 5.82 Å². The topological polar surface area (TPSA) is 38.1 Å². The Kier molecular flexibility index (Phi) is 2.73. The highest BCUT2D eigenvalue weighted by Gasteiger charge is 2.33. The standard InChI is InChI=1S/C12H16BrN3O/c1-15-11(5-10(14-15)9-2-3-9)16-7-8(6-13)4-12(16)17/h5,8-9H,2-4,6-7H2,1H3. The Morgan fingerprint density at radius 2 is 2.29 bits per heavy atom. The van der Waals surface area contributed by atoms with Gasteiger partial charge in [0.15, 0.2) is 0 Å². The Morgan fingerprint density at radius 1 is 1.53 bits per heavy atom. The number of alkyl halides is 1. The van der Waals surface area contributed by atoms with Gasteiger partial charge in [0.1, 0.15) is 5.82 Å². The molecule has 1 saturated heterocycles. The lowest BCUT2D eigenvalue weighted by atomic mass is 10.2. The summed E-state index contributed by atoms with van der Waals surface area (Å²) in [7, 11) is 1.93. The molecule has 92 valence electrons. The second-order valence-electron chi connectivity index (χ2n) is 5.05. The Labute approximate surface area is 109 Å². The molecule has 1 aromatic rings. The van der Waals surface area contributed by atoms with Gasteiger partial charge < -0.3 is 0 Å². The number of halogens is 1. The van der Waals surface area contributed by atoms with Crippen molar-refractivity contribution in [2.24, 2.45) is 13.0 Å². The number of aryl methyl sites for hydroxylation is 1. The number of carbonyl (C=O) groups excluding carboxylic acids is 1. The summed E-state index contributed by atoms with van der Waals surface area (Å²) in [5.41, 5.74) is 1.15. The van der Waals surface area contributed by atoms with Crippen LogP contribution in [-0.2, 0) is 11.8 Å². The number of rotatable bonds is 3. The van der Waals surface area contributed by atoms with Crippen molar-refractivity contribution in [1.82, 2.24) is 9.78 Å². The van der Waals surface area contributed by atoms with E-state index >= 15 is 0 Å². The van der Waals surface area contributed by atoms with Crippen LogP contribution in [0.1, 0.15) is 30.9 Å². The van der Waals surface area contributed by atoms with Crippen LogP contribution in [0.15, 0.2) is 6.07 Å². The summed E-state index contributed by atoms with van der Waals surface area (Å²) in [5, 5.41) is 5.41. The number of nitrogens with zero attached hydrogens (tertiary/aromatic N) is 3. The Hall–Kier alpha value is -0.840. The minimum absolute atomic E-state index is 0.222. The van der Waals surface area contributed by atoms with E-state index in [1.807, 2.05) is 16.6 Å². The predicted molar refractivity (Wildman–Crippen MR) is 69.4 cm³/mol. The van der Waals surface area contributed by atoms with E-state index in [2.05, 4.69) is 27.1 Å². The van der Waals surface area contributed by atoms with Gasteiger partial charge in [-0.3, -0.25) is 14.4 Å². The monoisotopic (exact) mass is 297 g/mol. The van der Waals surface area contributed by atoms with Gasteiger partial charge in [-0.05, 0) is 18.8 Å². The number of carbonyl (C=O) groups is 1. The summed E-state index contributed by atoms with van der Waals surface area (Å²) >= 11 is 3.46. The lowest BCUT2D eigenvalue weighted by Gasteiger charge is -2.15. The summed E-state index contributed by atoms with van der Waals surface area (Å²) < 4.78 is 1.85. The first-order valence-electron chi connectivity index (χ1n) is 6.09. The van der Waals surface area contributed by atoms with E-state index in [1.54, 1.807) is 0 Å². The van der Waals surface area contributed by atoms with E-state index < -0.39 is 0 Å². The molecular formula is C12H16BrN3O. The van der Waals surface area contributed by atoms with E-state index in [0.717, 1.165) is 23.4 Å². The van der Waals surface area contributed by atoms with Gasteiger partial charge in [0.2, 0.25) is 5.91 Å². The molecule has 4 nitrogen and oxygen atoms in total. The predicted octanol–water partition coefficient (Wildman–Crippen LogP) is 2.05. The Balaban J connectivity index is 1.85. The first kappa shape index (κ1) is 11.3. The van der Waals surface area contributed by atoms with Crippen molar-refractivity contribution in [2.75, 3.05) is 16.8 Å². The Morgan fingerprint density at radius 3 is 2.88 bits per heavy atom. The second kappa shape index (κ2) is 4.12. The first-order valence-corrected chi connectivity index (χ1v) is 7.21. The maximum Gasteiger partial charge on any atom is 0.228 e. The molecule has 0 spiro atoms. The summed E-state index contributed by atoms with van der Waals surface area (Å²) in [6, 6.07) is 2.09. The fourth-order valence-electron chi connectivity index (χ4n) is 2.42. The zero-order valence-corrected chi connectivity index (χ0v) is 11.5. The van der Waals surface area contributed by atoms with Crippen LogP contribution in [0, 0.1) is 5.92 Å². The highest BCUT2D eigenvalue weighted by Crippen LogP contribution is 2.40. The highest BCUT2D eigenvalue weighted by atomic mass is 79.9. The van der Waals surface area contributed by atoms with Crippen LogP contribution in [-0.4, -0.2) is 27.6 Å². The molecule has 1 unspecified atom stereocenters. The van der Waals surface area contributed by atoms with Crippen molar-refractivity contribution in [3.63, 3.8) is 0 Å². The number of hydrogen-bond donors (Lipinski definition) is 0. The van der Waals surface area contributed by atoms with Crippen LogP contribution < -0.4 is 4.90 Å². The molecule has 1 saturated carbocycles. The van der Waals surface area contributed by atoms with Crippen molar-refractivity contribution < 1.29 is 4.79 Å². The van der Waals surface area contributed by atoms with Gasteiger partial charge in [-0.25, -0.2) is 0 Å². The van der Waals surface area contributed by atoms with Crippen LogP contribution in [0.5, 0.6) is 0 Å².